The number of benzene rings is 1. The molecule has 3 nitrogen and oxygen atoms in total. The molecule has 0 amide bonds. The van der Waals surface area contributed by atoms with Crippen molar-refractivity contribution in [1.29, 1.82) is 0 Å². The fourth-order valence-corrected chi connectivity index (χ4v) is 2.15. The first kappa shape index (κ1) is 13.6. The van der Waals surface area contributed by atoms with Gasteiger partial charge >= 0.3 is 0 Å². The fourth-order valence-electron chi connectivity index (χ4n) is 2.15. The van der Waals surface area contributed by atoms with Gasteiger partial charge in [-0.1, -0.05) is 26.0 Å². The first-order valence-corrected chi connectivity index (χ1v) is 6.56. The third-order valence-electron chi connectivity index (χ3n) is 3.24. The molecular weight excluding hydrogens is 241 g/mol. The minimum Gasteiger partial charge on any atom is -0.383 e. The maximum Gasteiger partial charge on any atom is 0.129 e. The van der Waals surface area contributed by atoms with Gasteiger partial charge in [0.1, 0.15) is 11.6 Å². The molecule has 1 heterocycles. The number of rotatable bonds is 4. The zero-order valence-electron chi connectivity index (χ0n) is 11.7. The highest BCUT2D eigenvalue weighted by atomic mass is 19.1. The van der Waals surface area contributed by atoms with E-state index in [1.54, 1.807) is 10.7 Å². The number of nitrogens with zero attached hydrogens (tertiary/aromatic N) is 2. The van der Waals surface area contributed by atoms with Crippen LogP contribution in [0.5, 0.6) is 0 Å². The molecule has 0 saturated heterocycles. The number of aromatic nitrogens is 2. The summed E-state index contributed by atoms with van der Waals surface area (Å²) in [7, 11) is 1.82. The van der Waals surface area contributed by atoms with Crippen LogP contribution in [0, 0.1) is 11.7 Å². The summed E-state index contributed by atoms with van der Waals surface area (Å²) in [4.78, 5) is 0. The Kier molecular flexibility index (Phi) is 3.88. The molecule has 19 heavy (non-hydrogen) atoms. The van der Waals surface area contributed by atoms with Crippen LogP contribution in [0.1, 0.15) is 26.0 Å². The van der Waals surface area contributed by atoms with E-state index in [2.05, 4.69) is 18.9 Å². The lowest BCUT2D eigenvalue weighted by Gasteiger charge is -2.06. The van der Waals surface area contributed by atoms with E-state index in [1.807, 2.05) is 13.1 Å². The molecule has 1 aromatic heterocycles. The van der Waals surface area contributed by atoms with Crippen LogP contribution in [0.15, 0.2) is 24.3 Å². The number of anilines is 1. The molecule has 0 atom stereocenters. The predicted molar refractivity (Wildman–Crippen MR) is 76.2 cm³/mol. The summed E-state index contributed by atoms with van der Waals surface area (Å²) in [5.41, 5.74) is 8.67. The van der Waals surface area contributed by atoms with E-state index in [1.165, 1.54) is 12.1 Å². The van der Waals surface area contributed by atoms with Gasteiger partial charge in [-0.25, -0.2) is 4.39 Å². The molecule has 0 radical (unpaired) electrons. The minimum atomic E-state index is -0.254. The molecule has 0 bridgehead atoms. The topological polar surface area (TPSA) is 43.8 Å². The van der Waals surface area contributed by atoms with Crippen molar-refractivity contribution >= 4 is 5.82 Å². The second kappa shape index (κ2) is 5.43. The monoisotopic (exact) mass is 261 g/mol. The smallest absolute Gasteiger partial charge is 0.129 e. The van der Waals surface area contributed by atoms with Crippen LogP contribution in [0.3, 0.4) is 0 Å². The zero-order chi connectivity index (χ0) is 14.0. The van der Waals surface area contributed by atoms with Gasteiger partial charge in [0, 0.05) is 12.6 Å². The van der Waals surface area contributed by atoms with E-state index in [0.29, 0.717) is 11.7 Å². The van der Waals surface area contributed by atoms with Gasteiger partial charge in [-0.15, -0.1) is 0 Å². The minimum absolute atomic E-state index is 0.254. The third kappa shape index (κ3) is 2.95. The van der Waals surface area contributed by atoms with Gasteiger partial charge < -0.3 is 5.73 Å². The second-order valence-corrected chi connectivity index (χ2v) is 5.27. The fraction of sp³-hybridized carbons (Fsp3) is 0.400. The SMILES string of the molecule is CC(C)CCc1nn(C)c(N)c1-c1cccc(F)c1. The molecule has 2 aromatic rings. The van der Waals surface area contributed by atoms with Gasteiger partial charge in [0.05, 0.1) is 5.69 Å². The van der Waals surface area contributed by atoms with Crippen molar-refractivity contribution in [2.24, 2.45) is 13.0 Å². The Morgan fingerprint density at radius 2 is 2.11 bits per heavy atom. The van der Waals surface area contributed by atoms with Gasteiger partial charge in [0.25, 0.3) is 0 Å². The molecule has 0 aliphatic rings. The van der Waals surface area contributed by atoms with Crippen molar-refractivity contribution in [3.63, 3.8) is 0 Å². The third-order valence-corrected chi connectivity index (χ3v) is 3.24. The van der Waals surface area contributed by atoms with Crippen molar-refractivity contribution in [2.75, 3.05) is 5.73 Å². The van der Waals surface area contributed by atoms with Gasteiger partial charge in [-0.2, -0.15) is 5.10 Å². The number of halogens is 1. The molecule has 102 valence electrons. The molecule has 2 rings (SSSR count). The number of hydrogen-bond donors (Lipinski definition) is 1. The highest BCUT2D eigenvalue weighted by molar-refractivity contribution is 5.76. The Balaban J connectivity index is 2.43. The first-order valence-electron chi connectivity index (χ1n) is 6.56. The van der Waals surface area contributed by atoms with Crippen molar-refractivity contribution in [1.82, 2.24) is 9.78 Å². The van der Waals surface area contributed by atoms with Crippen LogP contribution in [-0.2, 0) is 13.5 Å². The molecule has 1 aromatic carbocycles. The lowest BCUT2D eigenvalue weighted by atomic mass is 10.00. The standard InChI is InChI=1S/C15H20FN3/c1-10(2)7-8-13-14(15(17)19(3)18-13)11-5-4-6-12(16)9-11/h4-6,9-10H,7-8,17H2,1-3H3. The zero-order valence-corrected chi connectivity index (χ0v) is 11.7. The predicted octanol–water partition coefficient (Wildman–Crippen LogP) is 3.40. The van der Waals surface area contributed by atoms with Gasteiger partial charge in [0.15, 0.2) is 0 Å². The summed E-state index contributed by atoms with van der Waals surface area (Å²) >= 11 is 0. The Bertz CT molecular complexity index is 573. The molecule has 2 N–H and O–H groups in total. The lowest BCUT2D eigenvalue weighted by Crippen LogP contribution is -1.98. The normalized spacial score (nSPS) is 11.2. The van der Waals surface area contributed by atoms with Gasteiger partial charge in [0.2, 0.25) is 0 Å². The van der Waals surface area contributed by atoms with Gasteiger partial charge in [-0.05, 0) is 36.5 Å². The highest BCUT2D eigenvalue weighted by Gasteiger charge is 2.16. The molecule has 0 saturated carbocycles. The summed E-state index contributed by atoms with van der Waals surface area (Å²) in [6, 6.07) is 6.51. The van der Waals surface area contributed by atoms with E-state index in [9.17, 15) is 4.39 Å². The Morgan fingerprint density at radius 1 is 1.37 bits per heavy atom. The van der Waals surface area contributed by atoms with Crippen molar-refractivity contribution in [2.45, 2.75) is 26.7 Å². The van der Waals surface area contributed by atoms with Crippen LogP contribution in [-0.4, -0.2) is 9.78 Å². The highest BCUT2D eigenvalue weighted by Crippen LogP contribution is 2.30. The molecular formula is C15H20FN3. The van der Waals surface area contributed by atoms with Crippen molar-refractivity contribution in [3.8, 4) is 11.1 Å². The Labute approximate surface area is 113 Å². The molecule has 0 fully saturated rings. The maximum atomic E-state index is 13.4. The van der Waals surface area contributed by atoms with Crippen LogP contribution < -0.4 is 5.73 Å². The van der Waals surface area contributed by atoms with E-state index < -0.39 is 0 Å². The van der Waals surface area contributed by atoms with Crippen LogP contribution in [0.2, 0.25) is 0 Å². The van der Waals surface area contributed by atoms with Crippen molar-refractivity contribution < 1.29 is 4.39 Å². The molecule has 0 spiro atoms. The number of nitrogens with two attached hydrogens (primary N) is 1. The first-order chi connectivity index (χ1) is 8.99. The summed E-state index contributed by atoms with van der Waals surface area (Å²) in [6.07, 6.45) is 1.90. The number of aryl methyl sites for hydroxylation is 2. The number of nitrogen functional groups attached to an aromatic ring is 1. The molecule has 4 heteroatoms. The summed E-state index contributed by atoms with van der Waals surface area (Å²) < 4.78 is 15.0. The Morgan fingerprint density at radius 3 is 2.74 bits per heavy atom. The lowest BCUT2D eigenvalue weighted by molar-refractivity contribution is 0.577. The van der Waals surface area contributed by atoms with E-state index in [-0.39, 0.29) is 5.82 Å². The van der Waals surface area contributed by atoms with E-state index in [4.69, 9.17) is 5.73 Å². The van der Waals surface area contributed by atoms with Gasteiger partial charge in [-0.3, -0.25) is 4.68 Å². The molecule has 0 unspecified atom stereocenters. The quantitative estimate of drug-likeness (QED) is 0.916. The second-order valence-electron chi connectivity index (χ2n) is 5.27. The van der Waals surface area contributed by atoms with E-state index in [0.717, 1.165) is 29.7 Å². The largest absolute Gasteiger partial charge is 0.383 e. The summed E-state index contributed by atoms with van der Waals surface area (Å²) in [5, 5.41) is 4.46. The summed E-state index contributed by atoms with van der Waals surface area (Å²) in [5.74, 6) is 0.934. The van der Waals surface area contributed by atoms with E-state index >= 15 is 0 Å². The molecule has 0 aliphatic heterocycles. The van der Waals surface area contributed by atoms with Crippen LogP contribution >= 0.6 is 0 Å². The maximum absolute atomic E-state index is 13.4. The summed E-state index contributed by atoms with van der Waals surface area (Å²) in [6.45, 7) is 4.35. The number of hydrogen-bond acceptors (Lipinski definition) is 2. The van der Waals surface area contributed by atoms with Crippen LogP contribution in [0.4, 0.5) is 10.2 Å². The van der Waals surface area contributed by atoms with Crippen molar-refractivity contribution in [3.05, 3.63) is 35.8 Å². The molecule has 0 aliphatic carbocycles. The average Bonchev–Trinajstić information content (AvgIpc) is 2.63. The average molecular weight is 261 g/mol. The van der Waals surface area contributed by atoms with Crippen LogP contribution in [0.25, 0.3) is 11.1 Å². The Hall–Kier alpha value is -1.84.